The molecule has 1 N–H and O–H groups in total. The lowest BCUT2D eigenvalue weighted by Gasteiger charge is -2.06. The number of carboxylic acid groups (broad SMARTS) is 1. The van der Waals surface area contributed by atoms with Crippen LogP contribution in [-0.4, -0.2) is 22.6 Å². The Morgan fingerprint density at radius 2 is 2.25 bits per heavy atom. The largest absolute Gasteiger partial charge is 0.492 e. The number of halogens is 1. The van der Waals surface area contributed by atoms with Crippen LogP contribution < -0.4 is 4.74 Å². The summed E-state index contributed by atoms with van der Waals surface area (Å²) < 4.78 is 5.03. The highest BCUT2D eigenvalue weighted by Gasteiger charge is 2.22. The minimum Gasteiger partial charge on any atom is -0.492 e. The topological polar surface area (TPSA) is 89.7 Å². The van der Waals surface area contributed by atoms with E-state index in [4.69, 9.17) is 21.4 Å². The van der Waals surface area contributed by atoms with E-state index in [-0.39, 0.29) is 17.4 Å². The number of nitrogens with zero attached hydrogens (tertiary/aromatic N) is 1. The monoisotopic (exact) mass is 245 g/mol. The molecule has 0 unspecified atom stereocenters. The van der Waals surface area contributed by atoms with Crippen molar-refractivity contribution in [2.75, 3.05) is 6.61 Å². The van der Waals surface area contributed by atoms with E-state index in [0.717, 1.165) is 12.1 Å². The molecule has 0 saturated carbocycles. The van der Waals surface area contributed by atoms with E-state index in [1.54, 1.807) is 6.92 Å². The minimum atomic E-state index is -1.41. The van der Waals surface area contributed by atoms with E-state index in [9.17, 15) is 14.9 Å². The molecule has 0 aliphatic heterocycles. The normalized spacial score (nSPS) is 9.88. The summed E-state index contributed by atoms with van der Waals surface area (Å²) in [6.07, 6.45) is 0. The van der Waals surface area contributed by atoms with Gasteiger partial charge in [0.25, 0.3) is 5.69 Å². The highest BCUT2D eigenvalue weighted by molar-refractivity contribution is 6.32. The first kappa shape index (κ1) is 12.3. The van der Waals surface area contributed by atoms with Crippen molar-refractivity contribution >= 4 is 23.3 Å². The van der Waals surface area contributed by atoms with Crippen molar-refractivity contribution in [3.05, 3.63) is 32.8 Å². The Morgan fingerprint density at radius 3 is 2.69 bits per heavy atom. The van der Waals surface area contributed by atoms with E-state index in [2.05, 4.69) is 0 Å². The van der Waals surface area contributed by atoms with Crippen molar-refractivity contribution in [3.63, 3.8) is 0 Å². The lowest BCUT2D eigenvalue weighted by Crippen LogP contribution is -2.04. The van der Waals surface area contributed by atoms with Crippen LogP contribution in [0.5, 0.6) is 5.75 Å². The molecule has 0 radical (unpaired) electrons. The number of aromatic carboxylic acids is 1. The molecule has 0 aliphatic carbocycles. The van der Waals surface area contributed by atoms with Crippen LogP contribution >= 0.6 is 11.6 Å². The molecule has 1 aromatic rings. The van der Waals surface area contributed by atoms with Gasteiger partial charge in [0.15, 0.2) is 0 Å². The van der Waals surface area contributed by atoms with Gasteiger partial charge in [0.1, 0.15) is 11.3 Å². The van der Waals surface area contributed by atoms with Gasteiger partial charge in [-0.15, -0.1) is 0 Å². The summed E-state index contributed by atoms with van der Waals surface area (Å²) >= 11 is 5.72. The lowest BCUT2D eigenvalue weighted by atomic mass is 10.1. The molecule has 0 aliphatic rings. The van der Waals surface area contributed by atoms with Gasteiger partial charge in [0.05, 0.1) is 22.6 Å². The highest BCUT2D eigenvalue weighted by Crippen LogP contribution is 2.32. The van der Waals surface area contributed by atoms with Crippen LogP contribution in [0.3, 0.4) is 0 Å². The third-order valence-electron chi connectivity index (χ3n) is 1.78. The Kier molecular flexibility index (Phi) is 3.68. The van der Waals surface area contributed by atoms with Gasteiger partial charge in [-0.05, 0) is 13.0 Å². The van der Waals surface area contributed by atoms with Gasteiger partial charge in [-0.2, -0.15) is 0 Å². The number of nitro groups is 1. The fraction of sp³-hybridized carbons (Fsp3) is 0.222. The number of benzene rings is 1. The SMILES string of the molecule is CCOc1cc([N+](=O)[O-])c(C(=O)O)cc1Cl. The third kappa shape index (κ3) is 2.40. The Balaban J connectivity index is 3.37. The predicted octanol–water partition coefficient (Wildman–Crippen LogP) is 2.35. The van der Waals surface area contributed by atoms with Crippen LogP contribution in [0.15, 0.2) is 12.1 Å². The standard InChI is InChI=1S/C9H8ClNO5/c1-2-16-8-4-7(11(14)15)5(9(12)13)3-6(8)10/h3-4H,2H2,1H3,(H,12,13). The van der Waals surface area contributed by atoms with Gasteiger partial charge in [0.2, 0.25) is 0 Å². The average Bonchev–Trinajstić information content (AvgIpc) is 2.20. The summed E-state index contributed by atoms with van der Waals surface area (Å²) in [5.41, 5.74) is -1.00. The fourth-order valence-corrected chi connectivity index (χ4v) is 1.35. The molecule has 0 amide bonds. The van der Waals surface area contributed by atoms with Gasteiger partial charge in [0, 0.05) is 0 Å². The lowest BCUT2D eigenvalue weighted by molar-refractivity contribution is -0.385. The number of nitro benzene ring substituents is 1. The van der Waals surface area contributed by atoms with Gasteiger partial charge < -0.3 is 9.84 Å². The van der Waals surface area contributed by atoms with Crippen LogP contribution in [0.2, 0.25) is 5.02 Å². The second-order valence-corrected chi connectivity index (χ2v) is 3.20. The molecule has 86 valence electrons. The summed E-state index contributed by atoms with van der Waals surface area (Å²) in [5.74, 6) is -1.31. The predicted molar refractivity (Wildman–Crippen MR) is 56.2 cm³/mol. The van der Waals surface area contributed by atoms with E-state index in [0.29, 0.717) is 0 Å². The molecule has 1 aromatic carbocycles. The smallest absolute Gasteiger partial charge is 0.342 e. The molecular formula is C9H8ClNO5. The van der Waals surface area contributed by atoms with Gasteiger partial charge in [-0.3, -0.25) is 10.1 Å². The Bertz CT molecular complexity index is 446. The van der Waals surface area contributed by atoms with Crippen molar-refractivity contribution in [2.45, 2.75) is 6.92 Å². The molecule has 0 bridgehead atoms. The molecule has 0 spiro atoms. The second-order valence-electron chi connectivity index (χ2n) is 2.80. The van der Waals surface area contributed by atoms with Crippen LogP contribution in [0.4, 0.5) is 5.69 Å². The molecule has 6 nitrogen and oxygen atoms in total. The maximum absolute atomic E-state index is 10.7. The van der Waals surface area contributed by atoms with Crippen molar-refractivity contribution < 1.29 is 19.6 Å². The van der Waals surface area contributed by atoms with Crippen LogP contribution in [-0.2, 0) is 0 Å². The van der Waals surface area contributed by atoms with Crippen molar-refractivity contribution in [2.24, 2.45) is 0 Å². The molecule has 0 saturated heterocycles. The first-order valence-corrected chi connectivity index (χ1v) is 4.69. The Morgan fingerprint density at radius 1 is 1.62 bits per heavy atom. The van der Waals surface area contributed by atoms with Crippen LogP contribution in [0, 0.1) is 10.1 Å². The maximum atomic E-state index is 10.7. The summed E-state index contributed by atoms with van der Waals surface area (Å²) in [6.45, 7) is 1.97. The Labute approximate surface area is 95.6 Å². The van der Waals surface area contributed by atoms with Crippen molar-refractivity contribution in [1.82, 2.24) is 0 Å². The number of carboxylic acids is 1. The van der Waals surface area contributed by atoms with E-state index in [1.807, 2.05) is 0 Å². The van der Waals surface area contributed by atoms with Crippen LogP contribution in [0.1, 0.15) is 17.3 Å². The molecule has 0 aromatic heterocycles. The van der Waals surface area contributed by atoms with E-state index < -0.39 is 22.1 Å². The second kappa shape index (κ2) is 4.80. The molecule has 0 atom stereocenters. The number of rotatable bonds is 4. The zero-order chi connectivity index (χ0) is 12.3. The van der Waals surface area contributed by atoms with Crippen LogP contribution in [0.25, 0.3) is 0 Å². The van der Waals surface area contributed by atoms with Gasteiger partial charge in [-0.25, -0.2) is 4.79 Å². The minimum absolute atomic E-state index is 0.0323. The molecule has 16 heavy (non-hydrogen) atoms. The molecule has 0 fully saturated rings. The summed E-state index contributed by atoms with van der Waals surface area (Å²) in [7, 11) is 0. The van der Waals surface area contributed by atoms with Gasteiger partial charge >= 0.3 is 5.97 Å². The molecule has 0 heterocycles. The first-order valence-electron chi connectivity index (χ1n) is 4.31. The zero-order valence-electron chi connectivity index (χ0n) is 8.27. The first-order chi connectivity index (χ1) is 7.47. The zero-order valence-corrected chi connectivity index (χ0v) is 9.02. The van der Waals surface area contributed by atoms with E-state index in [1.165, 1.54) is 0 Å². The number of carbonyl (C=O) groups is 1. The Hall–Kier alpha value is -1.82. The third-order valence-corrected chi connectivity index (χ3v) is 2.07. The number of hydrogen-bond acceptors (Lipinski definition) is 4. The number of ether oxygens (including phenoxy) is 1. The molecule has 7 heteroatoms. The number of hydrogen-bond donors (Lipinski definition) is 1. The van der Waals surface area contributed by atoms with Crippen molar-refractivity contribution in [3.8, 4) is 5.75 Å². The van der Waals surface area contributed by atoms with Crippen molar-refractivity contribution in [1.29, 1.82) is 0 Å². The summed E-state index contributed by atoms with van der Waals surface area (Å²) in [6, 6.07) is 2.02. The highest BCUT2D eigenvalue weighted by atomic mass is 35.5. The maximum Gasteiger partial charge on any atom is 0.342 e. The fourth-order valence-electron chi connectivity index (χ4n) is 1.13. The molecule has 1 rings (SSSR count). The average molecular weight is 246 g/mol. The van der Waals surface area contributed by atoms with E-state index >= 15 is 0 Å². The van der Waals surface area contributed by atoms with Gasteiger partial charge in [-0.1, -0.05) is 11.6 Å². The summed E-state index contributed by atoms with van der Waals surface area (Å²) in [5, 5.41) is 19.4. The molecular weight excluding hydrogens is 238 g/mol. The summed E-state index contributed by atoms with van der Waals surface area (Å²) in [4.78, 5) is 20.6. The quantitative estimate of drug-likeness (QED) is 0.649.